The highest BCUT2D eigenvalue weighted by atomic mass is 32.2. The van der Waals surface area contributed by atoms with Crippen molar-refractivity contribution in [2.45, 2.75) is 63.4 Å². The standard InChI is InChI=1S/C32H35NO4S/c1-23-8-12-27(13-9-23)38(34,35)37-22-32(2)18-16-29-28-15-11-26(36-21-24-6-4-3-5-7-24)20-25(28)10-14-30(29)31(32)17-19-33/h3-9,11-13,15,20,29-31H,10,14,16-18,21-22H2,1-2H3/t29-,30-,31+,32-/m1/s1. The Morgan fingerprint density at radius 1 is 1.03 bits per heavy atom. The third kappa shape index (κ3) is 5.50. The molecule has 0 aromatic heterocycles. The van der Waals surface area contributed by atoms with Crippen LogP contribution < -0.4 is 4.74 Å². The molecular weight excluding hydrogens is 494 g/mol. The lowest BCUT2D eigenvalue weighted by atomic mass is 9.54. The first-order valence-electron chi connectivity index (χ1n) is 13.4. The minimum atomic E-state index is -3.86. The maximum absolute atomic E-state index is 12.9. The Morgan fingerprint density at radius 3 is 2.53 bits per heavy atom. The van der Waals surface area contributed by atoms with Crippen LogP contribution in [0.2, 0.25) is 0 Å². The number of ether oxygens (including phenoxy) is 1. The lowest BCUT2D eigenvalue weighted by molar-refractivity contribution is -0.000785. The van der Waals surface area contributed by atoms with Crippen LogP contribution in [-0.4, -0.2) is 15.0 Å². The van der Waals surface area contributed by atoms with Crippen molar-refractivity contribution in [1.82, 2.24) is 0 Å². The van der Waals surface area contributed by atoms with Crippen LogP contribution in [0, 0.1) is 35.5 Å². The molecule has 0 radical (unpaired) electrons. The van der Waals surface area contributed by atoms with E-state index in [0.717, 1.165) is 42.6 Å². The maximum Gasteiger partial charge on any atom is 0.296 e. The Labute approximate surface area is 226 Å². The SMILES string of the molecule is Cc1ccc(S(=O)(=O)OC[C@@]2(C)CC[C@@H]3c4ccc(OCc5ccccc5)cc4CC[C@H]3[C@@H]2CC#N)cc1. The van der Waals surface area contributed by atoms with Crippen LogP contribution in [0.15, 0.2) is 77.7 Å². The molecule has 5 rings (SSSR count). The van der Waals surface area contributed by atoms with Gasteiger partial charge >= 0.3 is 0 Å². The van der Waals surface area contributed by atoms with E-state index in [2.05, 4.69) is 43.3 Å². The summed E-state index contributed by atoms with van der Waals surface area (Å²) in [7, 11) is -3.86. The lowest BCUT2D eigenvalue weighted by Crippen LogP contribution is -2.45. The number of benzene rings is 3. The highest BCUT2D eigenvalue weighted by Gasteiger charge is 2.48. The lowest BCUT2D eigenvalue weighted by Gasteiger charge is -2.51. The molecule has 3 aromatic carbocycles. The molecule has 0 spiro atoms. The van der Waals surface area contributed by atoms with Crippen LogP contribution in [0.3, 0.4) is 0 Å². The van der Waals surface area contributed by atoms with Gasteiger partial charge in [0.25, 0.3) is 10.1 Å². The molecule has 198 valence electrons. The number of aryl methyl sites for hydroxylation is 2. The van der Waals surface area contributed by atoms with Gasteiger partial charge in [-0.15, -0.1) is 0 Å². The van der Waals surface area contributed by atoms with Gasteiger partial charge in [0.2, 0.25) is 0 Å². The fourth-order valence-corrected chi connectivity index (χ4v) is 7.47. The summed E-state index contributed by atoms with van der Waals surface area (Å²) in [4.78, 5) is 0.175. The number of hydrogen-bond acceptors (Lipinski definition) is 5. The fraction of sp³-hybridized carbons (Fsp3) is 0.406. The molecule has 1 saturated carbocycles. The topological polar surface area (TPSA) is 76.4 Å². The molecule has 0 bridgehead atoms. The molecule has 2 aliphatic carbocycles. The van der Waals surface area contributed by atoms with Gasteiger partial charge in [0.15, 0.2) is 0 Å². The van der Waals surface area contributed by atoms with Crippen molar-refractivity contribution in [3.63, 3.8) is 0 Å². The second-order valence-corrected chi connectivity index (χ2v) is 12.8. The van der Waals surface area contributed by atoms with Crippen LogP contribution in [0.5, 0.6) is 5.75 Å². The van der Waals surface area contributed by atoms with Crippen LogP contribution in [0.25, 0.3) is 0 Å². The largest absolute Gasteiger partial charge is 0.489 e. The average molecular weight is 530 g/mol. The second kappa shape index (κ2) is 10.9. The molecule has 0 amide bonds. The van der Waals surface area contributed by atoms with Gasteiger partial charge in [-0.1, -0.05) is 61.0 Å². The van der Waals surface area contributed by atoms with E-state index in [1.807, 2.05) is 25.1 Å². The second-order valence-electron chi connectivity index (χ2n) is 11.1. The van der Waals surface area contributed by atoms with Gasteiger partial charge in [-0.05, 0) is 96.7 Å². The first kappa shape index (κ1) is 26.5. The molecule has 5 nitrogen and oxygen atoms in total. The number of fused-ring (bicyclic) bond motifs is 3. The molecule has 1 fully saturated rings. The first-order chi connectivity index (χ1) is 18.3. The van der Waals surface area contributed by atoms with Gasteiger partial charge in [0.05, 0.1) is 17.6 Å². The van der Waals surface area contributed by atoms with Crippen molar-refractivity contribution in [2.24, 2.45) is 17.3 Å². The third-order valence-corrected chi connectivity index (χ3v) is 9.91. The summed E-state index contributed by atoms with van der Waals surface area (Å²) < 4.78 is 37.6. The van der Waals surface area contributed by atoms with Gasteiger partial charge in [0, 0.05) is 6.42 Å². The van der Waals surface area contributed by atoms with E-state index in [0.29, 0.717) is 24.9 Å². The summed E-state index contributed by atoms with van der Waals surface area (Å²) in [6.45, 7) is 4.66. The first-order valence-corrected chi connectivity index (χ1v) is 14.8. The van der Waals surface area contributed by atoms with Gasteiger partial charge in [-0.3, -0.25) is 4.18 Å². The quantitative estimate of drug-likeness (QED) is 0.295. The molecule has 0 unspecified atom stereocenters. The average Bonchev–Trinajstić information content (AvgIpc) is 2.93. The van der Waals surface area contributed by atoms with E-state index in [9.17, 15) is 13.7 Å². The predicted octanol–water partition coefficient (Wildman–Crippen LogP) is 6.96. The van der Waals surface area contributed by atoms with Crippen LogP contribution >= 0.6 is 0 Å². The minimum Gasteiger partial charge on any atom is -0.489 e. The molecule has 4 atom stereocenters. The van der Waals surface area contributed by atoms with E-state index < -0.39 is 10.1 Å². The molecule has 3 aromatic rings. The fourth-order valence-electron chi connectivity index (χ4n) is 6.44. The molecule has 0 N–H and O–H groups in total. The zero-order chi connectivity index (χ0) is 26.8. The Hall–Kier alpha value is -3.14. The van der Waals surface area contributed by atoms with Crippen LogP contribution in [0.1, 0.15) is 60.8 Å². The van der Waals surface area contributed by atoms with E-state index in [-0.39, 0.29) is 22.8 Å². The summed E-state index contributed by atoms with van der Waals surface area (Å²) in [5, 5.41) is 9.73. The van der Waals surface area contributed by atoms with Gasteiger partial charge in [-0.25, -0.2) is 0 Å². The molecule has 0 aliphatic heterocycles. The van der Waals surface area contributed by atoms with Crippen molar-refractivity contribution >= 4 is 10.1 Å². The monoisotopic (exact) mass is 529 g/mol. The van der Waals surface area contributed by atoms with Crippen molar-refractivity contribution in [2.75, 3.05) is 6.61 Å². The number of nitrogens with zero attached hydrogens (tertiary/aromatic N) is 1. The third-order valence-electron chi connectivity index (χ3n) is 8.63. The molecule has 2 aliphatic rings. The zero-order valence-corrected chi connectivity index (χ0v) is 22.9. The Balaban J connectivity index is 1.31. The van der Waals surface area contributed by atoms with E-state index in [1.54, 1.807) is 24.3 Å². The molecule has 6 heteroatoms. The van der Waals surface area contributed by atoms with Gasteiger partial charge < -0.3 is 4.74 Å². The Bertz CT molecular complexity index is 1410. The summed E-state index contributed by atoms with van der Waals surface area (Å²) >= 11 is 0. The van der Waals surface area contributed by atoms with Gasteiger partial charge in [0.1, 0.15) is 12.4 Å². The summed E-state index contributed by atoms with van der Waals surface area (Å²) in [6, 6.07) is 25.7. The van der Waals surface area contributed by atoms with Crippen molar-refractivity contribution in [3.05, 3.63) is 95.1 Å². The maximum atomic E-state index is 12.9. The minimum absolute atomic E-state index is 0.0709. The van der Waals surface area contributed by atoms with Crippen molar-refractivity contribution < 1.29 is 17.3 Å². The van der Waals surface area contributed by atoms with E-state index >= 15 is 0 Å². The van der Waals surface area contributed by atoms with Crippen LogP contribution in [0.4, 0.5) is 0 Å². The van der Waals surface area contributed by atoms with E-state index in [4.69, 9.17) is 8.92 Å². The number of nitriles is 1. The number of rotatable bonds is 8. The Kier molecular flexibility index (Phi) is 7.61. The molecule has 0 heterocycles. The molecular formula is C32H35NO4S. The predicted molar refractivity (Wildman–Crippen MR) is 147 cm³/mol. The normalized spacial score (nSPS) is 24.6. The smallest absolute Gasteiger partial charge is 0.296 e. The summed E-state index contributed by atoms with van der Waals surface area (Å²) in [6.07, 6.45) is 4.08. The van der Waals surface area contributed by atoms with Gasteiger partial charge in [-0.2, -0.15) is 13.7 Å². The molecule has 0 saturated heterocycles. The zero-order valence-electron chi connectivity index (χ0n) is 22.1. The van der Waals surface area contributed by atoms with Crippen molar-refractivity contribution in [1.29, 1.82) is 5.26 Å². The summed E-state index contributed by atoms with van der Waals surface area (Å²) in [5.41, 5.74) is 4.43. The Morgan fingerprint density at radius 2 is 1.79 bits per heavy atom. The molecule has 38 heavy (non-hydrogen) atoms. The van der Waals surface area contributed by atoms with Crippen LogP contribution in [-0.2, 0) is 27.3 Å². The number of hydrogen-bond donors (Lipinski definition) is 0. The van der Waals surface area contributed by atoms with Crippen molar-refractivity contribution in [3.8, 4) is 11.8 Å². The highest BCUT2D eigenvalue weighted by molar-refractivity contribution is 7.86. The highest BCUT2D eigenvalue weighted by Crippen LogP contribution is 2.56. The van der Waals surface area contributed by atoms with E-state index in [1.165, 1.54) is 11.1 Å². The summed E-state index contributed by atoms with van der Waals surface area (Å²) in [5.74, 6) is 1.64.